The van der Waals surface area contributed by atoms with Crippen LogP contribution in [-0.4, -0.2) is 47.5 Å². The van der Waals surface area contributed by atoms with Gasteiger partial charge in [0, 0.05) is 37.7 Å². The Balaban J connectivity index is 1.57. The minimum atomic E-state index is -0.835. The van der Waals surface area contributed by atoms with E-state index in [2.05, 4.69) is 15.5 Å². The lowest BCUT2D eigenvalue weighted by molar-refractivity contribution is -0.384. The number of nitro groups is 1. The van der Waals surface area contributed by atoms with Crippen LogP contribution in [-0.2, 0) is 25.5 Å². The highest BCUT2D eigenvalue weighted by molar-refractivity contribution is 5.94. The molecule has 1 N–H and O–H groups in total. The van der Waals surface area contributed by atoms with Crippen molar-refractivity contribution in [3.8, 4) is 5.75 Å². The van der Waals surface area contributed by atoms with Crippen LogP contribution in [0.4, 0.5) is 22.7 Å². The first-order chi connectivity index (χ1) is 20.3. The van der Waals surface area contributed by atoms with Crippen molar-refractivity contribution >= 4 is 40.5 Å². The number of hydrogen-bond acceptors (Lipinski definition) is 9. The monoisotopic (exact) mass is 589 g/mol. The molecule has 12 nitrogen and oxygen atoms in total. The lowest BCUT2D eigenvalue weighted by atomic mass is 10.1. The Bertz CT molecular complexity index is 1450. The standard InChI is InChI=1S/C31H35N5O7/c1-6-35(25-13-9-23(10-14-25)33-34-24-11-15-26(16-12-24)36(40)41)29(38)20-42-27-17-7-22(8-18-27)19-28(32-21(2)37)30(39)43-31(3,4)5/h7-18,28H,6,19-20H2,1-5H3,(H,32,37)/t28-/m1/s1. The summed E-state index contributed by atoms with van der Waals surface area (Å²) in [5, 5.41) is 21.6. The molecule has 0 heterocycles. The summed E-state index contributed by atoms with van der Waals surface area (Å²) in [6.07, 6.45) is 0.237. The van der Waals surface area contributed by atoms with Gasteiger partial charge in [-0.25, -0.2) is 4.79 Å². The van der Waals surface area contributed by atoms with Gasteiger partial charge in [-0.3, -0.25) is 19.7 Å². The van der Waals surface area contributed by atoms with Crippen LogP contribution in [0.25, 0.3) is 0 Å². The van der Waals surface area contributed by atoms with Crippen molar-refractivity contribution in [2.45, 2.75) is 52.7 Å². The summed E-state index contributed by atoms with van der Waals surface area (Å²) in [6, 6.07) is 18.7. The van der Waals surface area contributed by atoms with E-state index in [1.165, 1.54) is 31.2 Å². The normalized spacial score (nSPS) is 11.9. The molecule has 0 fully saturated rings. The Kier molecular flexibility index (Phi) is 11.0. The van der Waals surface area contributed by atoms with Crippen molar-refractivity contribution in [2.24, 2.45) is 10.2 Å². The van der Waals surface area contributed by atoms with Gasteiger partial charge < -0.3 is 19.7 Å². The van der Waals surface area contributed by atoms with Crippen molar-refractivity contribution in [1.82, 2.24) is 5.32 Å². The van der Waals surface area contributed by atoms with E-state index in [-0.39, 0.29) is 30.5 Å². The van der Waals surface area contributed by atoms with Gasteiger partial charge in [-0.1, -0.05) is 12.1 Å². The highest BCUT2D eigenvalue weighted by Gasteiger charge is 2.26. The molecular formula is C31H35N5O7. The summed E-state index contributed by atoms with van der Waals surface area (Å²) in [7, 11) is 0. The first-order valence-corrected chi connectivity index (χ1v) is 13.6. The topological polar surface area (TPSA) is 153 Å². The molecule has 0 saturated heterocycles. The number of amides is 2. The van der Waals surface area contributed by atoms with Gasteiger partial charge in [0.15, 0.2) is 6.61 Å². The van der Waals surface area contributed by atoms with Crippen molar-refractivity contribution in [1.29, 1.82) is 0 Å². The maximum Gasteiger partial charge on any atom is 0.329 e. The molecule has 0 radical (unpaired) electrons. The fourth-order valence-corrected chi connectivity index (χ4v) is 3.95. The largest absolute Gasteiger partial charge is 0.484 e. The quantitative estimate of drug-likeness (QED) is 0.121. The van der Waals surface area contributed by atoms with E-state index < -0.39 is 22.5 Å². The molecule has 0 aliphatic carbocycles. The maximum atomic E-state index is 12.9. The molecule has 0 aliphatic heterocycles. The third kappa shape index (κ3) is 10.3. The zero-order valence-electron chi connectivity index (χ0n) is 24.8. The zero-order chi connectivity index (χ0) is 31.6. The predicted molar refractivity (Wildman–Crippen MR) is 161 cm³/mol. The molecule has 0 unspecified atom stereocenters. The molecule has 226 valence electrons. The van der Waals surface area contributed by atoms with Crippen LogP contribution < -0.4 is 15.0 Å². The van der Waals surface area contributed by atoms with E-state index in [0.29, 0.717) is 29.4 Å². The molecule has 3 rings (SSSR count). The van der Waals surface area contributed by atoms with Crippen molar-refractivity contribution in [3.05, 3.63) is 88.5 Å². The molecule has 0 aromatic heterocycles. The smallest absolute Gasteiger partial charge is 0.329 e. The van der Waals surface area contributed by atoms with Gasteiger partial charge in [0.05, 0.1) is 16.3 Å². The molecule has 43 heavy (non-hydrogen) atoms. The number of benzene rings is 3. The van der Waals surface area contributed by atoms with E-state index in [9.17, 15) is 24.5 Å². The average Bonchev–Trinajstić information content (AvgIpc) is 2.95. The minimum Gasteiger partial charge on any atom is -0.484 e. The maximum absolute atomic E-state index is 12.9. The predicted octanol–water partition coefficient (Wildman–Crippen LogP) is 5.83. The number of nitrogens with zero attached hydrogens (tertiary/aromatic N) is 4. The van der Waals surface area contributed by atoms with Crippen LogP contribution in [0.2, 0.25) is 0 Å². The van der Waals surface area contributed by atoms with E-state index in [1.807, 2.05) is 6.92 Å². The number of non-ortho nitro benzene ring substituents is 1. The van der Waals surface area contributed by atoms with E-state index in [0.717, 1.165) is 5.56 Å². The van der Waals surface area contributed by atoms with Gasteiger partial charge in [0.1, 0.15) is 17.4 Å². The number of likely N-dealkylation sites (N-methyl/N-ethyl adjacent to an activating group) is 1. The summed E-state index contributed by atoms with van der Waals surface area (Å²) >= 11 is 0. The summed E-state index contributed by atoms with van der Waals surface area (Å²) < 4.78 is 11.1. The lowest BCUT2D eigenvalue weighted by Crippen LogP contribution is -2.44. The number of anilines is 1. The molecule has 2 amide bonds. The van der Waals surface area contributed by atoms with Gasteiger partial charge in [0.2, 0.25) is 5.91 Å². The summed E-state index contributed by atoms with van der Waals surface area (Å²) in [5.41, 5.74) is 1.75. The lowest BCUT2D eigenvalue weighted by Gasteiger charge is -2.24. The Labute approximate surface area is 249 Å². The number of nitro benzene ring substituents is 1. The second-order valence-electron chi connectivity index (χ2n) is 10.6. The highest BCUT2D eigenvalue weighted by Crippen LogP contribution is 2.24. The molecule has 3 aromatic carbocycles. The van der Waals surface area contributed by atoms with Gasteiger partial charge in [0.25, 0.3) is 11.6 Å². The molecule has 12 heteroatoms. The summed E-state index contributed by atoms with van der Waals surface area (Å²) in [5.74, 6) is -0.629. The second kappa shape index (κ2) is 14.7. The molecule has 1 atom stereocenters. The molecule has 0 bridgehead atoms. The highest BCUT2D eigenvalue weighted by atomic mass is 16.6. The Morgan fingerprint density at radius 3 is 1.98 bits per heavy atom. The zero-order valence-corrected chi connectivity index (χ0v) is 24.8. The van der Waals surface area contributed by atoms with E-state index in [4.69, 9.17) is 9.47 Å². The first kappa shape index (κ1) is 32.4. The van der Waals surface area contributed by atoms with Crippen LogP contribution in [0, 0.1) is 10.1 Å². The van der Waals surface area contributed by atoms with Crippen molar-refractivity contribution in [3.63, 3.8) is 0 Å². The molecule has 3 aromatic rings. The van der Waals surface area contributed by atoms with E-state index >= 15 is 0 Å². The van der Waals surface area contributed by atoms with Gasteiger partial charge >= 0.3 is 5.97 Å². The number of azo groups is 1. The van der Waals surface area contributed by atoms with Crippen molar-refractivity contribution < 1.29 is 28.8 Å². The van der Waals surface area contributed by atoms with Crippen LogP contribution in [0.5, 0.6) is 5.75 Å². The van der Waals surface area contributed by atoms with Crippen LogP contribution in [0.1, 0.15) is 40.2 Å². The van der Waals surface area contributed by atoms with Crippen molar-refractivity contribution in [2.75, 3.05) is 18.1 Å². The molecular weight excluding hydrogens is 554 g/mol. The van der Waals surface area contributed by atoms with Crippen LogP contribution in [0.15, 0.2) is 83.0 Å². The Morgan fingerprint density at radius 1 is 0.930 bits per heavy atom. The average molecular weight is 590 g/mol. The van der Waals surface area contributed by atoms with Gasteiger partial charge in [-0.05, 0) is 81.8 Å². The van der Waals surface area contributed by atoms with Gasteiger partial charge in [-0.2, -0.15) is 10.2 Å². The fourth-order valence-electron chi connectivity index (χ4n) is 3.95. The Morgan fingerprint density at radius 2 is 1.49 bits per heavy atom. The fraction of sp³-hybridized carbons (Fsp3) is 0.323. The minimum absolute atomic E-state index is 0.0271. The number of nitrogens with one attached hydrogen (secondary N) is 1. The van der Waals surface area contributed by atoms with Crippen LogP contribution in [0.3, 0.4) is 0 Å². The SMILES string of the molecule is CCN(C(=O)COc1ccc(C[C@@H](NC(C)=O)C(=O)OC(C)(C)C)cc1)c1ccc(N=Nc2ccc([N+](=O)[O-])cc2)cc1. The first-order valence-electron chi connectivity index (χ1n) is 13.6. The van der Waals surface area contributed by atoms with Crippen LogP contribution >= 0.6 is 0 Å². The second-order valence-corrected chi connectivity index (χ2v) is 10.6. The number of carbonyl (C=O) groups is 3. The van der Waals surface area contributed by atoms with E-state index in [1.54, 1.807) is 74.2 Å². The number of rotatable bonds is 12. The number of hydrogen-bond donors (Lipinski definition) is 1. The summed E-state index contributed by atoms with van der Waals surface area (Å²) in [4.78, 5) is 49.0. The molecule has 0 spiro atoms. The molecule has 0 saturated carbocycles. The summed E-state index contributed by atoms with van der Waals surface area (Å²) in [6.45, 7) is 8.70. The third-order valence-corrected chi connectivity index (χ3v) is 5.91. The molecule has 0 aliphatic rings. The third-order valence-electron chi connectivity index (χ3n) is 5.91. The Hall–Kier alpha value is -5.13. The number of carbonyl (C=O) groups excluding carboxylic acids is 3. The van der Waals surface area contributed by atoms with Gasteiger partial charge in [-0.15, -0.1) is 0 Å². The number of ether oxygens (including phenoxy) is 2. The number of esters is 1.